The van der Waals surface area contributed by atoms with Crippen molar-refractivity contribution in [1.29, 1.82) is 0 Å². The van der Waals surface area contributed by atoms with E-state index in [4.69, 9.17) is 14.2 Å². The summed E-state index contributed by atoms with van der Waals surface area (Å²) >= 11 is 3.43. The quantitative estimate of drug-likeness (QED) is 0.255. The highest BCUT2D eigenvalue weighted by Crippen LogP contribution is 2.38. The second-order valence-electron chi connectivity index (χ2n) is 8.74. The predicted octanol–water partition coefficient (Wildman–Crippen LogP) is 7.45. The van der Waals surface area contributed by atoms with E-state index in [9.17, 15) is 22.8 Å². The SMILES string of the molecule is CCOC(=O)Cc1cc(Oc2ccc(Br)cc2CN2C(=O)O[C@H](c3ccccc3)[C@@H]2C)ccc1C(F)(F)F. The molecule has 10 heteroatoms. The summed E-state index contributed by atoms with van der Waals surface area (Å²) in [6.45, 7) is 3.67. The van der Waals surface area contributed by atoms with Crippen LogP contribution in [0.1, 0.15) is 42.2 Å². The number of alkyl halides is 3. The second-order valence-corrected chi connectivity index (χ2v) is 9.65. The molecule has 0 radical (unpaired) electrons. The number of benzene rings is 3. The topological polar surface area (TPSA) is 65.1 Å². The normalized spacial score (nSPS) is 17.3. The number of hydrogen-bond donors (Lipinski definition) is 0. The van der Waals surface area contributed by atoms with Crippen LogP contribution in [0.4, 0.5) is 18.0 Å². The largest absolute Gasteiger partial charge is 0.466 e. The van der Waals surface area contributed by atoms with Crippen molar-refractivity contribution < 1.29 is 37.0 Å². The molecule has 1 aliphatic heterocycles. The molecule has 6 nitrogen and oxygen atoms in total. The van der Waals surface area contributed by atoms with Gasteiger partial charge in [0.2, 0.25) is 0 Å². The molecule has 1 fully saturated rings. The van der Waals surface area contributed by atoms with Gasteiger partial charge >= 0.3 is 18.2 Å². The van der Waals surface area contributed by atoms with Gasteiger partial charge in [-0.2, -0.15) is 13.2 Å². The highest BCUT2D eigenvalue weighted by molar-refractivity contribution is 9.10. The molecule has 3 aromatic rings. The van der Waals surface area contributed by atoms with Crippen molar-refractivity contribution in [3.8, 4) is 11.5 Å². The zero-order valence-electron chi connectivity index (χ0n) is 20.6. The summed E-state index contributed by atoms with van der Waals surface area (Å²) in [5, 5.41) is 0. The summed E-state index contributed by atoms with van der Waals surface area (Å²) in [6.07, 6.45) is -6.13. The van der Waals surface area contributed by atoms with Gasteiger partial charge in [-0.1, -0.05) is 46.3 Å². The first-order chi connectivity index (χ1) is 18.1. The number of esters is 1. The molecule has 0 aromatic heterocycles. The van der Waals surface area contributed by atoms with Gasteiger partial charge in [-0.25, -0.2) is 4.79 Å². The lowest BCUT2D eigenvalue weighted by molar-refractivity contribution is -0.143. The maximum Gasteiger partial charge on any atom is 0.416 e. The Bertz CT molecular complexity index is 1320. The number of hydrogen-bond acceptors (Lipinski definition) is 5. The molecule has 3 aromatic carbocycles. The van der Waals surface area contributed by atoms with Gasteiger partial charge in [0.1, 0.15) is 17.6 Å². The molecule has 0 aliphatic carbocycles. The average molecular weight is 592 g/mol. The highest BCUT2D eigenvalue weighted by atomic mass is 79.9. The van der Waals surface area contributed by atoms with Crippen molar-refractivity contribution in [2.45, 2.75) is 45.1 Å². The van der Waals surface area contributed by atoms with Crippen LogP contribution >= 0.6 is 15.9 Å². The molecule has 4 rings (SSSR count). The van der Waals surface area contributed by atoms with Gasteiger partial charge in [-0.05, 0) is 61.4 Å². The lowest BCUT2D eigenvalue weighted by atomic mass is 10.0. The predicted molar refractivity (Wildman–Crippen MR) is 137 cm³/mol. The van der Waals surface area contributed by atoms with Crippen molar-refractivity contribution >= 4 is 28.0 Å². The van der Waals surface area contributed by atoms with Crippen molar-refractivity contribution in [2.24, 2.45) is 0 Å². The first kappa shape index (κ1) is 27.5. The minimum absolute atomic E-state index is 0.0567. The molecule has 0 bridgehead atoms. The number of cyclic esters (lactones) is 1. The fourth-order valence-electron chi connectivity index (χ4n) is 4.31. The van der Waals surface area contributed by atoms with Crippen LogP contribution in [0.2, 0.25) is 0 Å². The highest BCUT2D eigenvalue weighted by Gasteiger charge is 2.40. The van der Waals surface area contributed by atoms with E-state index in [1.807, 2.05) is 37.3 Å². The van der Waals surface area contributed by atoms with E-state index < -0.39 is 36.3 Å². The standard InChI is InChI=1S/C28H25BrF3NO5/c1-3-36-25(34)15-19-14-22(10-11-23(19)28(30,31)32)37-24-12-9-21(29)13-20(24)16-33-17(2)26(38-27(33)35)18-7-5-4-6-8-18/h4-14,17,26H,3,15-16H2,1-2H3/t17-,26-/m0/s1. The van der Waals surface area contributed by atoms with Crippen LogP contribution in [0, 0.1) is 0 Å². The van der Waals surface area contributed by atoms with Gasteiger partial charge in [0, 0.05) is 10.0 Å². The zero-order chi connectivity index (χ0) is 27.4. The number of amides is 1. The van der Waals surface area contributed by atoms with E-state index in [1.54, 1.807) is 30.0 Å². The third-order valence-electron chi connectivity index (χ3n) is 6.13. The molecular weight excluding hydrogens is 567 g/mol. The van der Waals surface area contributed by atoms with Crippen molar-refractivity contribution in [3.63, 3.8) is 0 Å². The molecule has 0 N–H and O–H groups in total. The Morgan fingerprint density at radius 1 is 1.05 bits per heavy atom. The minimum atomic E-state index is -4.65. The fourth-order valence-corrected chi connectivity index (χ4v) is 4.72. The minimum Gasteiger partial charge on any atom is -0.466 e. The number of rotatable bonds is 8. The van der Waals surface area contributed by atoms with Gasteiger partial charge in [-0.15, -0.1) is 0 Å². The summed E-state index contributed by atoms with van der Waals surface area (Å²) in [5.74, 6) is -0.313. The lowest BCUT2D eigenvalue weighted by Crippen LogP contribution is -2.31. The maximum absolute atomic E-state index is 13.6. The lowest BCUT2D eigenvalue weighted by Gasteiger charge is -2.22. The Hall–Kier alpha value is -3.53. The monoisotopic (exact) mass is 591 g/mol. The first-order valence-corrected chi connectivity index (χ1v) is 12.7. The average Bonchev–Trinajstić information content (AvgIpc) is 3.14. The smallest absolute Gasteiger partial charge is 0.416 e. The summed E-state index contributed by atoms with van der Waals surface area (Å²) in [7, 11) is 0. The first-order valence-electron chi connectivity index (χ1n) is 11.9. The van der Waals surface area contributed by atoms with Gasteiger partial charge in [0.05, 0.1) is 31.2 Å². The van der Waals surface area contributed by atoms with E-state index in [2.05, 4.69) is 15.9 Å². The Morgan fingerprint density at radius 2 is 1.79 bits per heavy atom. The molecular formula is C28H25BrF3NO5. The van der Waals surface area contributed by atoms with Crippen LogP contribution in [0.25, 0.3) is 0 Å². The number of nitrogens with zero attached hydrogens (tertiary/aromatic N) is 1. The molecule has 1 saturated heterocycles. The van der Waals surface area contributed by atoms with Gasteiger partial charge in [-0.3, -0.25) is 9.69 Å². The molecule has 1 aliphatic rings. The van der Waals surface area contributed by atoms with Crippen LogP contribution in [0.15, 0.2) is 71.2 Å². The van der Waals surface area contributed by atoms with E-state index in [0.29, 0.717) is 11.3 Å². The van der Waals surface area contributed by atoms with Crippen LogP contribution in [-0.4, -0.2) is 29.6 Å². The number of halogens is 4. The maximum atomic E-state index is 13.6. The molecule has 1 amide bonds. The Labute approximate surface area is 226 Å². The van der Waals surface area contributed by atoms with Gasteiger partial charge in [0.15, 0.2) is 0 Å². The molecule has 0 saturated carbocycles. The van der Waals surface area contributed by atoms with Gasteiger partial charge < -0.3 is 14.2 Å². The zero-order valence-corrected chi connectivity index (χ0v) is 22.2. The molecule has 2 atom stereocenters. The Balaban J connectivity index is 1.60. The summed E-state index contributed by atoms with van der Waals surface area (Å²) < 4.78 is 57.9. The van der Waals surface area contributed by atoms with Crippen molar-refractivity contribution in [2.75, 3.05) is 6.61 Å². The molecule has 0 unspecified atom stereocenters. The van der Waals surface area contributed by atoms with Crippen LogP contribution in [0.3, 0.4) is 0 Å². The van der Waals surface area contributed by atoms with E-state index in [1.165, 1.54) is 12.1 Å². The summed E-state index contributed by atoms with van der Waals surface area (Å²) in [4.78, 5) is 26.3. The number of carbonyl (C=O) groups excluding carboxylic acids is 2. The van der Waals surface area contributed by atoms with Gasteiger partial charge in [0.25, 0.3) is 0 Å². The third kappa shape index (κ3) is 6.30. The Kier molecular flexibility index (Phi) is 8.30. The molecule has 1 heterocycles. The third-order valence-corrected chi connectivity index (χ3v) is 6.63. The van der Waals surface area contributed by atoms with Crippen molar-refractivity contribution in [1.82, 2.24) is 4.90 Å². The number of carbonyl (C=O) groups is 2. The Morgan fingerprint density at radius 3 is 2.47 bits per heavy atom. The fraction of sp³-hybridized carbons (Fsp3) is 0.286. The van der Waals surface area contributed by atoms with Crippen LogP contribution in [0.5, 0.6) is 11.5 Å². The number of ether oxygens (including phenoxy) is 3. The molecule has 200 valence electrons. The van der Waals surface area contributed by atoms with E-state index in [-0.39, 0.29) is 30.5 Å². The summed E-state index contributed by atoms with van der Waals surface area (Å²) in [6, 6.07) is 17.6. The van der Waals surface area contributed by atoms with E-state index in [0.717, 1.165) is 16.1 Å². The second kappa shape index (κ2) is 11.5. The van der Waals surface area contributed by atoms with Crippen LogP contribution < -0.4 is 4.74 Å². The summed E-state index contributed by atoms with van der Waals surface area (Å²) in [5.41, 5.74) is 0.299. The molecule has 38 heavy (non-hydrogen) atoms. The van der Waals surface area contributed by atoms with Crippen molar-refractivity contribution in [3.05, 3.63) is 93.5 Å². The molecule has 0 spiro atoms. The van der Waals surface area contributed by atoms with Crippen LogP contribution in [-0.2, 0) is 33.4 Å². The van der Waals surface area contributed by atoms with E-state index >= 15 is 0 Å².